The van der Waals surface area contributed by atoms with Crippen molar-refractivity contribution in [3.8, 4) is 5.75 Å². The molecule has 0 saturated heterocycles. The average molecular weight is 352 g/mol. The minimum Gasteiger partial charge on any atom is -0.494 e. The molecular weight excluding hydrogens is 338 g/mol. The van der Waals surface area contributed by atoms with Gasteiger partial charge in [-0.2, -0.15) is 4.72 Å². The fraction of sp³-hybridized carbons (Fsp3) is 0.333. The van der Waals surface area contributed by atoms with Crippen LogP contribution in [0.4, 0.5) is 0 Å². The minimum absolute atomic E-state index is 0.0513. The largest absolute Gasteiger partial charge is 0.494 e. The van der Waals surface area contributed by atoms with E-state index in [2.05, 4.69) is 4.74 Å². The van der Waals surface area contributed by atoms with E-state index in [9.17, 15) is 18.0 Å². The molecule has 1 aromatic carbocycles. The van der Waals surface area contributed by atoms with E-state index in [1.165, 1.54) is 6.07 Å². The van der Waals surface area contributed by atoms with E-state index in [4.69, 9.17) is 21.4 Å². The lowest BCUT2D eigenvalue weighted by molar-refractivity contribution is -0.138. The number of carboxylic acids is 1. The molecule has 0 aliphatic heterocycles. The highest BCUT2D eigenvalue weighted by Gasteiger charge is 2.29. The van der Waals surface area contributed by atoms with Crippen LogP contribution in [0, 0.1) is 0 Å². The lowest BCUT2D eigenvalue weighted by Crippen LogP contribution is -2.38. The molecule has 122 valence electrons. The second kappa shape index (κ2) is 6.95. The van der Waals surface area contributed by atoms with Gasteiger partial charge in [-0.3, -0.25) is 4.79 Å². The maximum atomic E-state index is 12.3. The Bertz CT molecular complexity index is 702. The smallest absolute Gasteiger partial charge is 0.341 e. The van der Waals surface area contributed by atoms with Crippen LogP contribution in [0.1, 0.15) is 17.3 Å². The first-order valence-electron chi connectivity index (χ1n) is 5.85. The second-order valence-corrected chi connectivity index (χ2v) is 6.28. The van der Waals surface area contributed by atoms with Crippen LogP contribution < -0.4 is 9.46 Å². The van der Waals surface area contributed by atoms with E-state index >= 15 is 0 Å². The molecular formula is C12H14ClNO7S. The molecule has 0 fully saturated rings. The first-order valence-corrected chi connectivity index (χ1v) is 7.71. The number of carbonyl (C=O) groups excluding carboxylic acids is 1. The summed E-state index contributed by atoms with van der Waals surface area (Å²) >= 11 is 5.81. The van der Waals surface area contributed by atoms with E-state index in [1.807, 2.05) is 4.72 Å². The Kier molecular flexibility index (Phi) is 5.75. The van der Waals surface area contributed by atoms with Crippen LogP contribution in [0.2, 0.25) is 5.02 Å². The van der Waals surface area contributed by atoms with Gasteiger partial charge in [0.25, 0.3) is 0 Å². The van der Waals surface area contributed by atoms with Gasteiger partial charge in [0.1, 0.15) is 16.5 Å². The van der Waals surface area contributed by atoms with Crippen LogP contribution in [-0.2, 0) is 19.6 Å². The van der Waals surface area contributed by atoms with Crippen molar-refractivity contribution >= 4 is 33.6 Å². The molecule has 1 rings (SSSR count). The summed E-state index contributed by atoms with van der Waals surface area (Å²) in [6.07, 6.45) is 0. The molecule has 2 N–H and O–H groups in total. The number of hydrogen-bond acceptors (Lipinski definition) is 6. The summed E-state index contributed by atoms with van der Waals surface area (Å²) in [4.78, 5) is 22.0. The summed E-state index contributed by atoms with van der Waals surface area (Å²) < 4.78 is 36.0. The van der Waals surface area contributed by atoms with Crippen molar-refractivity contribution in [1.29, 1.82) is 0 Å². The third kappa shape index (κ3) is 3.87. The van der Waals surface area contributed by atoms with E-state index in [0.29, 0.717) is 0 Å². The van der Waals surface area contributed by atoms with Gasteiger partial charge < -0.3 is 14.6 Å². The molecule has 1 aromatic rings. The number of carbonyl (C=O) groups is 2. The number of methoxy groups -OCH3 is 2. The first-order chi connectivity index (χ1) is 10.1. The maximum Gasteiger partial charge on any atom is 0.341 e. The molecule has 0 aliphatic carbocycles. The molecule has 10 heteroatoms. The van der Waals surface area contributed by atoms with Crippen molar-refractivity contribution < 1.29 is 32.6 Å². The number of esters is 1. The number of ether oxygens (including phenoxy) is 2. The molecule has 0 saturated carbocycles. The lowest BCUT2D eigenvalue weighted by atomic mass is 10.2. The van der Waals surface area contributed by atoms with Crippen molar-refractivity contribution in [3.63, 3.8) is 0 Å². The van der Waals surface area contributed by atoms with Crippen molar-refractivity contribution in [2.75, 3.05) is 14.2 Å². The Balaban J connectivity index is 3.49. The van der Waals surface area contributed by atoms with Gasteiger partial charge in [0.2, 0.25) is 10.0 Å². The SMILES string of the molecule is COC(=O)c1cc(Cl)cc(S(=O)(=O)N[C@H](C)C(=O)O)c1OC. The van der Waals surface area contributed by atoms with Gasteiger partial charge in [0, 0.05) is 5.02 Å². The van der Waals surface area contributed by atoms with Crippen molar-refractivity contribution in [3.05, 3.63) is 22.7 Å². The highest BCUT2D eigenvalue weighted by molar-refractivity contribution is 7.89. The summed E-state index contributed by atoms with van der Waals surface area (Å²) in [5.41, 5.74) is -0.194. The predicted molar refractivity (Wildman–Crippen MR) is 76.8 cm³/mol. The second-order valence-electron chi connectivity index (χ2n) is 4.16. The molecule has 0 heterocycles. The number of sulfonamides is 1. The standard InChI is InChI=1S/C12H14ClNO7S/c1-6(11(15)16)14-22(18,19)9-5-7(13)4-8(10(9)20-2)12(17)21-3/h4-6,14H,1-3H3,(H,15,16)/t6-/m1/s1. The van der Waals surface area contributed by atoms with Crippen LogP contribution in [0.3, 0.4) is 0 Å². The summed E-state index contributed by atoms with van der Waals surface area (Å²) in [6.45, 7) is 1.15. The number of aliphatic carboxylic acids is 1. The first kappa shape index (κ1) is 18.2. The van der Waals surface area contributed by atoms with Crippen LogP contribution in [0.25, 0.3) is 0 Å². The van der Waals surface area contributed by atoms with Crippen molar-refractivity contribution in [2.45, 2.75) is 17.9 Å². The zero-order valence-electron chi connectivity index (χ0n) is 11.9. The van der Waals surface area contributed by atoms with Gasteiger partial charge in [0.15, 0.2) is 5.75 Å². The highest BCUT2D eigenvalue weighted by Crippen LogP contribution is 2.32. The summed E-state index contributed by atoms with van der Waals surface area (Å²) in [7, 11) is -2.01. The fourth-order valence-corrected chi connectivity index (χ4v) is 3.28. The minimum atomic E-state index is -4.28. The maximum absolute atomic E-state index is 12.3. The van der Waals surface area contributed by atoms with Crippen molar-refractivity contribution in [2.24, 2.45) is 0 Å². The van der Waals surface area contributed by atoms with E-state index in [0.717, 1.165) is 27.2 Å². The van der Waals surface area contributed by atoms with E-state index < -0.39 is 32.9 Å². The topological polar surface area (TPSA) is 119 Å². The molecule has 0 aromatic heterocycles. The third-order valence-corrected chi connectivity index (χ3v) is 4.39. The molecule has 0 amide bonds. The van der Waals surface area contributed by atoms with Gasteiger partial charge in [-0.1, -0.05) is 11.6 Å². The van der Waals surface area contributed by atoms with Gasteiger partial charge in [-0.05, 0) is 19.1 Å². The highest BCUT2D eigenvalue weighted by atomic mass is 35.5. The number of rotatable bonds is 6. The Labute approximate surface area is 132 Å². The Morgan fingerprint density at radius 3 is 2.36 bits per heavy atom. The van der Waals surface area contributed by atoms with Gasteiger partial charge in [-0.25, -0.2) is 13.2 Å². The molecule has 8 nitrogen and oxygen atoms in total. The van der Waals surface area contributed by atoms with E-state index in [-0.39, 0.29) is 16.3 Å². The quantitative estimate of drug-likeness (QED) is 0.730. The van der Waals surface area contributed by atoms with Crippen LogP contribution in [-0.4, -0.2) is 45.7 Å². The number of hydrogen-bond donors (Lipinski definition) is 2. The molecule has 0 spiro atoms. The van der Waals surface area contributed by atoms with Gasteiger partial charge in [-0.15, -0.1) is 0 Å². The van der Waals surface area contributed by atoms with Crippen LogP contribution in [0.5, 0.6) is 5.75 Å². The zero-order chi connectivity index (χ0) is 17.1. The molecule has 0 radical (unpaired) electrons. The summed E-state index contributed by atoms with van der Waals surface area (Å²) in [6, 6.07) is 0.852. The monoisotopic (exact) mass is 351 g/mol. The van der Waals surface area contributed by atoms with E-state index in [1.54, 1.807) is 0 Å². The number of carboxylic acid groups (broad SMARTS) is 1. The lowest BCUT2D eigenvalue weighted by Gasteiger charge is -2.15. The average Bonchev–Trinajstić information content (AvgIpc) is 2.44. The third-order valence-electron chi connectivity index (χ3n) is 2.62. The van der Waals surface area contributed by atoms with Crippen LogP contribution in [0.15, 0.2) is 17.0 Å². The Morgan fingerprint density at radius 2 is 1.91 bits per heavy atom. The summed E-state index contributed by atoms with van der Waals surface area (Å²) in [5.74, 6) is -2.50. The van der Waals surface area contributed by atoms with Crippen LogP contribution >= 0.6 is 11.6 Å². The van der Waals surface area contributed by atoms with Gasteiger partial charge in [0.05, 0.1) is 14.2 Å². The molecule has 0 aliphatic rings. The number of benzene rings is 1. The Hall–Kier alpha value is -1.84. The van der Waals surface area contributed by atoms with Gasteiger partial charge >= 0.3 is 11.9 Å². The normalized spacial score (nSPS) is 12.5. The zero-order valence-corrected chi connectivity index (χ0v) is 13.5. The number of halogens is 1. The molecule has 0 bridgehead atoms. The molecule has 22 heavy (non-hydrogen) atoms. The molecule has 0 unspecified atom stereocenters. The number of nitrogens with one attached hydrogen (secondary N) is 1. The predicted octanol–water partition coefficient (Wildman–Crippen LogP) is 0.887. The summed E-state index contributed by atoms with van der Waals surface area (Å²) in [5, 5.41) is 8.74. The van der Waals surface area contributed by atoms with Crippen molar-refractivity contribution in [1.82, 2.24) is 4.72 Å². The fourth-order valence-electron chi connectivity index (χ4n) is 1.59. The Morgan fingerprint density at radius 1 is 1.32 bits per heavy atom. The molecule has 1 atom stereocenters.